The van der Waals surface area contributed by atoms with Crippen LogP contribution in [-0.4, -0.2) is 44.5 Å². The Kier molecular flexibility index (Phi) is 5.01. The molecule has 20 heavy (non-hydrogen) atoms. The number of amides is 1. The van der Waals surface area contributed by atoms with E-state index in [1.54, 1.807) is 6.92 Å². The maximum absolute atomic E-state index is 11.2. The summed E-state index contributed by atoms with van der Waals surface area (Å²) in [6, 6.07) is 8.94. The van der Waals surface area contributed by atoms with Crippen LogP contribution >= 0.6 is 0 Å². The molecule has 1 aliphatic rings. The first-order valence-electron chi connectivity index (χ1n) is 7.33. The van der Waals surface area contributed by atoms with Crippen molar-refractivity contribution in [2.24, 2.45) is 0 Å². The van der Waals surface area contributed by atoms with Crippen LogP contribution < -0.4 is 10.2 Å². The van der Waals surface area contributed by atoms with Crippen LogP contribution in [-0.2, 0) is 4.79 Å². The van der Waals surface area contributed by atoms with Crippen molar-refractivity contribution in [3.8, 4) is 0 Å². The van der Waals surface area contributed by atoms with Gasteiger partial charge in [-0.15, -0.1) is 0 Å². The zero-order chi connectivity index (χ0) is 14.5. The maximum Gasteiger partial charge on any atom is 0.216 e. The van der Waals surface area contributed by atoms with Crippen molar-refractivity contribution < 1.29 is 4.79 Å². The highest BCUT2D eigenvalue weighted by molar-refractivity contribution is 5.72. The number of hydrogen-bond donors (Lipinski definition) is 1. The van der Waals surface area contributed by atoms with Gasteiger partial charge in [0.15, 0.2) is 0 Å². The Morgan fingerprint density at radius 3 is 2.35 bits per heavy atom. The molecule has 0 aromatic heterocycles. The van der Waals surface area contributed by atoms with Crippen molar-refractivity contribution >= 4 is 11.6 Å². The number of carbonyl (C=O) groups excluding carboxylic acids is 1. The lowest BCUT2D eigenvalue weighted by molar-refractivity contribution is -0.119. The second-order valence-electron chi connectivity index (χ2n) is 5.68. The standard InChI is InChI=1S/C16H25N3O/c1-13(20)17-12-16(19-10-4-5-11-19)14-6-8-15(9-7-14)18(2)3/h6-9,16H,4-5,10-12H2,1-3H3,(H,17,20). The lowest BCUT2D eigenvalue weighted by atomic mass is 10.0. The first-order valence-corrected chi connectivity index (χ1v) is 7.33. The van der Waals surface area contributed by atoms with Crippen molar-refractivity contribution in [1.29, 1.82) is 0 Å². The predicted molar refractivity (Wildman–Crippen MR) is 83.0 cm³/mol. The molecule has 0 spiro atoms. The Morgan fingerprint density at radius 2 is 1.85 bits per heavy atom. The Morgan fingerprint density at radius 1 is 1.25 bits per heavy atom. The number of hydrogen-bond acceptors (Lipinski definition) is 3. The van der Waals surface area contributed by atoms with Crippen LogP contribution in [0.4, 0.5) is 5.69 Å². The highest BCUT2D eigenvalue weighted by atomic mass is 16.1. The average Bonchev–Trinajstić information content (AvgIpc) is 2.93. The molecule has 0 radical (unpaired) electrons. The Balaban J connectivity index is 2.13. The molecule has 1 fully saturated rings. The van der Waals surface area contributed by atoms with Crippen LogP contribution in [0.2, 0.25) is 0 Å². The second kappa shape index (κ2) is 6.75. The van der Waals surface area contributed by atoms with E-state index >= 15 is 0 Å². The summed E-state index contributed by atoms with van der Waals surface area (Å²) in [5.41, 5.74) is 2.49. The number of rotatable bonds is 5. The van der Waals surface area contributed by atoms with Crippen LogP contribution in [0.15, 0.2) is 24.3 Å². The summed E-state index contributed by atoms with van der Waals surface area (Å²) in [4.78, 5) is 15.8. The van der Waals surface area contributed by atoms with Gasteiger partial charge in [0.25, 0.3) is 0 Å². The summed E-state index contributed by atoms with van der Waals surface area (Å²) in [5, 5.41) is 2.97. The number of anilines is 1. The Bertz CT molecular complexity index is 436. The molecule has 0 aliphatic carbocycles. The number of nitrogens with one attached hydrogen (secondary N) is 1. The van der Waals surface area contributed by atoms with E-state index < -0.39 is 0 Å². The van der Waals surface area contributed by atoms with E-state index in [1.807, 2.05) is 14.1 Å². The fourth-order valence-electron chi connectivity index (χ4n) is 2.75. The quantitative estimate of drug-likeness (QED) is 0.893. The van der Waals surface area contributed by atoms with Crippen LogP contribution in [0.5, 0.6) is 0 Å². The molecular weight excluding hydrogens is 250 g/mol. The van der Waals surface area contributed by atoms with Gasteiger partial charge in [-0.2, -0.15) is 0 Å². The molecule has 2 rings (SSSR count). The zero-order valence-corrected chi connectivity index (χ0v) is 12.7. The van der Waals surface area contributed by atoms with Gasteiger partial charge in [-0.25, -0.2) is 0 Å². The van der Waals surface area contributed by atoms with Crippen LogP contribution in [0, 0.1) is 0 Å². The van der Waals surface area contributed by atoms with Crippen molar-refractivity contribution in [2.75, 3.05) is 38.6 Å². The normalized spacial score (nSPS) is 16.9. The van der Waals surface area contributed by atoms with Gasteiger partial charge in [0.2, 0.25) is 5.91 Å². The molecule has 1 aromatic rings. The van der Waals surface area contributed by atoms with Crippen molar-refractivity contribution in [3.63, 3.8) is 0 Å². The number of carbonyl (C=O) groups is 1. The monoisotopic (exact) mass is 275 g/mol. The summed E-state index contributed by atoms with van der Waals surface area (Å²) in [6.45, 7) is 4.52. The molecule has 1 saturated heterocycles. The smallest absolute Gasteiger partial charge is 0.216 e. The summed E-state index contributed by atoms with van der Waals surface area (Å²) in [5.74, 6) is 0.0408. The van der Waals surface area contributed by atoms with Crippen LogP contribution in [0.1, 0.15) is 31.4 Å². The maximum atomic E-state index is 11.2. The van der Waals surface area contributed by atoms with Gasteiger partial charge < -0.3 is 10.2 Å². The molecule has 1 atom stereocenters. The van der Waals surface area contributed by atoms with Crippen molar-refractivity contribution in [1.82, 2.24) is 10.2 Å². The van der Waals surface area contributed by atoms with Gasteiger partial charge in [0.1, 0.15) is 0 Å². The van der Waals surface area contributed by atoms with E-state index in [4.69, 9.17) is 0 Å². The van der Waals surface area contributed by atoms with Gasteiger partial charge in [0, 0.05) is 33.3 Å². The van der Waals surface area contributed by atoms with E-state index in [1.165, 1.54) is 24.1 Å². The fraction of sp³-hybridized carbons (Fsp3) is 0.562. The van der Waals surface area contributed by atoms with Crippen LogP contribution in [0.25, 0.3) is 0 Å². The van der Waals surface area contributed by atoms with E-state index in [-0.39, 0.29) is 11.9 Å². The third-order valence-corrected chi connectivity index (χ3v) is 3.92. The molecular formula is C16H25N3O. The van der Waals surface area contributed by atoms with Gasteiger partial charge in [-0.05, 0) is 43.6 Å². The molecule has 4 heteroatoms. The SMILES string of the molecule is CC(=O)NCC(c1ccc(N(C)C)cc1)N1CCCC1. The summed E-state index contributed by atoms with van der Waals surface area (Å²) in [7, 11) is 4.09. The highest BCUT2D eigenvalue weighted by Gasteiger charge is 2.23. The predicted octanol–water partition coefficient (Wildman–Crippen LogP) is 2.03. The molecule has 1 aliphatic heterocycles. The first-order chi connectivity index (χ1) is 9.58. The third kappa shape index (κ3) is 3.73. The van der Waals surface area contributed by atoms with Gasteiger partial charge in [-0.1, -0.05) is 12.1 Å². The molecule has 1 heterocycles. The minimum atomic E-state index is 0.0408. The number of benzene rings is 1. The molecule has 1 amide bonds. The highest BCUT2D eigenvalue weighted by Crippen LogP contribution is 2.26. The first kappa shape index (κ1) is 14.9. The lowest BCUT2D eigenvalue weighted by Crippen LogP contribution is -2.35. The molecule has 0 bridgehead atoms. The van der Waals surface area contributed by atoms with E-state index in [0.29, 0.717) is 6.54 Å². The Labute approximate surface area is 121 Å². The average molecular weight is 275 g/mol. The fourth-order valence-corrected chi connectivity index (χ4v) is 2.75. The van der Waals surface area contributed by atoms with Crippen LogP contribution in [0.3, 0.4) is 0 Å². The second-order valence-corrected chi connectivity index (χ2v) is 5.68. The van der Waals surface area contributed by atoms with Gasteiger partial charge >= 0.3 is 0 Å². The lowest BCUT2D eigenvalue weighted by Gasteiger charge is -2.28. The van der Waals surface area contributed by atoms with Gasteiger partial charge in [0.05, 0.1) is 6.04 Å². The topological polar surface area (TPSA) is 35.6 Å². The number of likely N-dealkylation sites (tertiary alicyclic amines) is 1. The zero-order valence-electron chi connectivity index (χ0n) is 12.7. The Hall–Kier alpha value is -1.55. The van der Waals surface area contributed by atoms with Gasteiger partial charge in [-0.3, -0.25) is 9.69 Å². The number of nitrogens with zero attached hydrogens (tertiary/aromatic N) is 2. The van der Waals surface area contributed by atoms with E-state index in [0.717, 1.165) is 13.1 Å². The van der Waals surface area contributed by atoms with E-state index in [2.05, 4.69) is 39.4 Å². The summed E-state index contributed by atoms with van der Waals surface area (Å²) in [6.07, 6.45) is 2.51. The molecule has 0 saturated carbocycles. The summed E-state index contributed by atoms with van der Waals surface area (Å²) >= 11 is 0. The molecule has 4 nitrogen and oxygen atoms in total. The van der Waals surface area contributed by atoms with Crippen molar-refractivity contribution in [3.05, 3.63) is 29.8 Å². The molecule has 1 unspecified atom stereocenters. The minimum absolute atomic E-state index is 0.0408. The third-order valence-electron chi connectivity index (χ3n) is 3.92. The molecule has 110 valence electrons. The minimum Gasteiger partial charge on any atom is -0.378 e. The molecule has 1 aromatic carbocycles. The largest absolute Gasteiger partial charge is 0.378 e. The summed E-state index contributed by atoms with van der Waals surface area (Å²) < 4.78 is 0. The van der Waals surface area contributed by atoms with E-state index in [9.17, 15) is 4.79 Å². The van der Waals surface area contributed by atoms with Crippen molar-refractivity contribution in [2.45, 2.75) is 25.8 Å². The molecule has 1 N–H and O–H groups in total.